The third kappa shape index (κ3) is 0.556. The second-order valence-electron chi connectivity index (χ2n) is 1.99. The van der Waals surface area contributed by atoms with Gasteiger partial charge in [0, 0.05) is 0 Å². The molecular formula is C6H6N3O+. The zero-order valence-corrected chi connectivity index (χ0v) is 5.15. The van der Waals surface area contributed by atoms with Gasteiger partial charge in [0.05, 0.1) is 0 Å². The second-order valence-corrected chi connectivity index (χ2v) is 1.99. The van der Waals surface area contributed by atoms with E-state index in [4.69, 9.17) is 5.21 Å². The number of aromatic nitrogens is 3. The molecule has 0 radical (unpaired) electrons. The number of nitrogens with one attached hydrogen (secondary N) is 1. The van der Waals surface area contributed by atoms with Crippen LogP contribution in [0.3, 0.4) is 0 Å². The summed E-state index contributed by atoms with van der Waals surface area (Å²) in [7, 11) is 0. The quantitative estimate of drug-likeness (QED) is 0.398. The first kappa shape index (κ1) is 5.22. The monoisotopic (exact) mass is 136 g/mol. The molecule has 0 atom stereocenters. The fourth-order valence-corrected chi connectivity index (χ4v) is 0.894. The fraction of sp³-hybridized carbons (Fsp3) is 0. The van der Waals surface area contributed by atoms with Gasteiger partial charge in [0.1, 0.15) is 11.7 Å². The third-order valence-corrected chi connectivity index (χ3v) is 1.35. The molecule has 2 rings (SSSR count). The predicted molar refractivity (Wildman–Crippen MR) is 33.5 cm³/mol. The van der Waals surface area contributed by atoms with Gasteiger partial charge in [0.2, 0.25) is 6.33 Å². The lowest BCUT2D eigenvalue weighted by Crippen LogP contribution is -2.29. The summed E-state index contributed by atoms with van der Waals surface area (Å²) in [6.45, 7) is 0. The highest BCUT2D eigenvalue weighted by Crippen LogP contribution is 1.99. The molecule has 0 aliphatic rings. The lowest BCUT2D eigenvalue weighted by atomic mass is 10.4. The molecule has 0 bridgehead atoms. The van der Waals surface area contributed by atoms with Crippen molar-refractivity contribution in [2.75, 3.05) is 0 Å². The minimum atomic E-state index is 0.544. The second kappa shape index (κ2) is 1.70. The topological polar surface area (TPSA) is 52.8 Å². The van der Waals surface area contributed by atoms with Gasteiger partial charge in [-0.15, -0.1) is 0 Å². The van der Waals surface area contributed by atoms with Gasteiger partial charge in [-0.1, -0.05) is 0 Å². The molecule has 0 amide bonds. The number of pyridine rings is 1. The minimum Gasteiger partial charge on any atom is -0.350 e. The van der Waals surface area contributed by atoms with Gasteiger partial charge in [-0.25, -0.2) is 0 Å². The Kier molecular flexibility index (Phi) is 0.887. The Morgan fingerprint density at radius 3 is 3.30 bits per heavy atom. The molecule has 50 valence electrons. The molecule has 2 N–H and O–H groups in total. The lowest BCUT2D eigenvalue weighted by Gasteiger charge is -1.84. The van der Waals surface area contributed by atoms with E-state index in [1.165, 1.54) is 12.5 Å². The number of fused-ring (bicyclic) bond motifs is 1. The smallest absolute Gasteiger partial charge is 0.350 e. The molecule has 0 unspecified atom stereocenters. The molecule has 2 heterocycles. The summed E-state index contributed by atoms with van der Waals surface area (Å²) in [5, 5.41) is 9.09. The molecule has 2 aromatic rings. The molecule has 0 aliphatic carbocycles. The molecule has 4 heteroatoms. The van der Waals surface area contributed by atoms with Gasteiger partial charge in [-0.3, -0.25) is 0 Å². The van der Waals surface area contributed by atoms with Crippen LogP contribution in [-0.2, 0) is 0 Å². The standard InChI is InChI=1S/C6H5N3O/c10-9-3-1-2-5-6(9)8-4-7-5/h1-4,10H/p+1. The Bertz CT molecular complexity index is 355. The van der Waals surface area contributed by atoms with E-state index in [1.54, 1.807) is 6.07 Å². The van der Waals surface area contributed by atoms with Crippen molar-refractivity contribution in [1.82, 2.24) is 9.97 Å². The van der Waals surface area contributed by atoms with Gasteiger partial charge in [0.25, 0.3) is 0 Å². The molecule has 0 saturated carbocycles. The molecule has 0 fully saturated rings. The van der Waals surface area contributed by atoms with Crippen molar-refractivity contribution >= 4 is 11.2 Å². The van der Waals surface area contributed by atoms with E-state index in [1.807, 2.05) is 6.07 Å². The maximum Gasteiger partial charge on any atom is 0.386 e. The fourth-order valence-electron chi connectivity index (χ4n) is 0.894. The van der Waals surface area contributed by atoms with Crippen LogP contribution >= 0.6 is 0 Å². The SMILES string of the molecule is O[n+]1cccc2[nH]cnc21. The highest BCUT2D eigenvalue weighted by molar-refractivity contribution is 5.65. The van der Waals surface area contributed by atoms with Crippen LogP contribution in [0.4, 0.5) is 0 Å². The van der Waals surface area contributed by atoms with Crippen LogP contribution in [0, 0.1) is 0 Å². The van der Waals surface area contributed by atoms with Crippen LogP contribution in [0.25, 0.3) is 11.2 Å². The summed E-state index contributed by atoms with van der Waals surface area (Å²) in [6, 6.07) is 3.58. The molecule has 10 heavy (non-hydrogen) atoms. The summed E-state index contributed by atoms with van der Waals surface area (Å²) < 4.78 is 0.978. The van der Waals surface area contributed by atoms with Gasteiger partial charge in [-0.2, -0.15) is 0 Å². The molecule has 4 nitrogen and oxygen atoms in total. The van der Waals surface area contributed by atoms with E-state index in [0.29, 0.717) is 5.65 Å². The number of hydrogen-bond donors (Lipinski definition) is 2. The van der Waals surface area contributed by atoms with Crippen molar-refractivity contribution < 1.29 is 9.94 Å². The van der Waals surface area contributed by atoms with E-state index in [2.05, 4.69) is 9.97 Å². The van der Waals surface area contributed by atoms with Crippen molar-refractivity contribution in [2.24, 2.45) is 0 Å². The van der Waals surface area contributed by atoms with Gasteiger partial charge < -0.3 is 10.2 Å². The van der Waals surface area contributed by atoms with Crippen molar-refractivity contribution in [3.63, 3.8) is 0 Å². The summed E-state index contributed by atoms with van der Waals surface area (Å²) in [6.07, 6.45) is 3.07. The van der Waals surface area contributed by atoms with E-state index in [9.17, 15) is 0 Å². The van der Waals surface area contributed by atoms with Crippen molar-refractivity contribution in [2.45, 2.75) is 0 Å². The first-order chi connectivity index (χ1) is 4.88. The largest absolute Gasteiger partial charge is 0.386 e. The number of rotatable bonds is 0. The maximum atomic E-state index is 9.09. The van der Waals surface area contributed by atoms with E-state index in [0.717, 1.165) is 10.2 Å². The number of aromatic amines is 1. The zero-order chi connectivity index (χ0) is 6.97. The first-order valence-corrected chi connectivity index (χ1v) is 2.91. The first-order valence-electron chi connectivity index (χ1n) is 2.91. The Labute approximate surface area is 56.7 Å². The van der Waals surface area contributed by atoms with Crippen molar-refractivity contribution in [1.29, 1.82) is 0 Å². The zero-order valence-electron chi connectivity index (χ0n) is 5.15. The van der Waals surface area contributed by atoms with E-state index >= 15 is 0 Å². The van der Waals surface area contributed by atoms with Gasteiger partial charge in [-0.05, 0) is 21.8 Å². The minimum absolute atomic E-state index is 0.544. The van der Waals surface area contributed by atoms with Gasteiger partial charge >= 0.3 is 5.65 Å². The summed E-state index contributed by atoms with van der Waals surface area (Å²) in [5.41, 5.74) is 1.37. The van der Waals surface area contributed by atoms with Crippen LogP contribution in [0.2, 0.25) is 0 Å². The van der Waals surface area contributed by atoms with Crippen molar-refractivity contribution in [3.8, 4) is 0 Å². The summed E-state index contributed by atoms with van der Waals surface area (Å²) in [5.74, 6) is 0. The Morgan fingerprint density at radius 1 is 1.60 bits per heavy atom. The average Bonchev–Trinajstić information content (AvgIpc) is 2.36. The Morgan fingerprint density at radius 2 is 2.50 bits per heavy atom. The third-order valence-electron chi connectivity index (χ3n) is 1.35. The Hall–Kier alpha value is -1.58. The van der Waals surface area contributed by atoms with E-state index in [-0.39, 0.29) is 0 Å². The highest BCUT2D eigenvalue weighted by Gasteiger charge is 2.07. The van der Waals surface area contributed by atoms with Crippen LogP contribution in [0.1, 0.15) is 0 Å². The number of hydrogen-bond acceptors (Lipinski definition) is 2. The summed E-state index contributed by atoms with van der Waals surface area (Å²) >= 11 is 0. The van der Waals surface area contributed by atoms with Gasteiger partial charge in [0.15, 0.2) is 0 Å². The Balaban J connectivity index is 2.95. The van der Waals surface area contributed by atoms with Crippen LogP contribution < -0.4 is 4.73 Å². The maximum absolute atomic E-state index is 9.09. The molecule has 0 aliphatic heterocycles. The van der Waals surface area contributed by atoms with E-state index < -0.39 is 0 Å². The normalized spacial score (nSPS) is 10.4. The molecule has 0 spiro atoms. The average molecular weight is 136 g/mol. The van der Waals surface area contributed by atoms with Crippen LogP contribution in [-0.4, -0.2) is 15.2 Å². The highest BCUT2D eigenvalue weighted by atomic mass is 16.5. The molecule has 0 saturated heterocycles. The van der Waals surface area contributed by atoms with Crippen molar-refractivity contribution in [3.05, 3.63) is 24.7 Å². The molecule has 0 aromatic carbocycles. The lowest BCUT2D eigenvalue weighted by molar-refractivity contribution is -0.885. The predicted octanol–water partition coefficient (Wildman–Crippen LogP) is 0.0877. The van der Waals surface area contributed by atoms with Crippen LogP contribution in [0.15, 0.2) is 24.7 Å². The van der Waals surface area contributed by atoms with Crippen LogP contribution in [0.5, 0.6) is 0 Å². The number of imidazole rings is 1. The number of nitrogens with zero attached hydrogens (tertiary/aromatic N) is 2. The molecule has 2 aromatic heterocycles. The summed E-state index contributed by atoms with van der Waals surface area (Å²) in [4.78, 5) is 6.74. The molecular weight excluding hydrogens is 130 g/mol. The number of H-pyrrole nitrogens is 1.